The highest BCUT2D eigenvalue weighted by molar-refractivity contribution is 9.10. The third kappa shape index (κ3) is 2.76. The second kappa shape index (κ2) is 6.08. The fourth-order valence-electron chi connectivity index (χ4n) is 3.68. The molecule has 1 unspecified atom stereocenters. The molecule has 112 valence electrons. The SMILES string of the molecule is CC(C)CCc1nn2c(c1Br)NCCC2C1CCCC1. The number of hydrogen-bond donors (Lipinski definition) is 1. The predicted octanol–water partition coefficient (Wildman–Crippen LogP) is 4.78. The maximum absolute atomic E-state index is 4.96. The Bertz CT molecular complexity index is 461. The number of nitrogens with zero attached hydrogens (tertiary/aromatic N) is 2. The van der Waals surface area contributed by atoms with Gasteiger partial charge in [-0.25, -0.2) is 4.68 Å². The molecule has 1 fully saturated rings. The van der Waals surface area contributed by atoms with E-state index >= 15 is 0 Å². The van der Waals surface area contributed by atoms with Crippen LogP contribution in [0.25, 0.3) is 0 Å². The predicted molar refractivity (Wildman–Crippen MR) is 87.2 cm³/mol. The molecular weight excluding hydrogens is 314 g/mol. The van der Waals surface area contributed by atoms with Gasteiger partial charge in [0.25, 0.3) is 0 Å². The number of nitrogens with one attached hydrogen (secondary N) is 1. The Balaban J connectivity index is 1.83. The van der Waals surface area contributed by atoms with Crippen molar-refractivity contribution in [1.82, 2.24) is 9.78 Å². The summed E-state index contributed by atoms with van der Waals surface area (Å²) in [6.07, 6.45) is 9.13. The summed E-state index contributed by atoms with van der Waals surface area (Å²) in [5, 5.41) is 8.50. The standard InChI is InChI=1S/C16H26BrN3/c1-11(2)7-8-13-15(17)16-18-10-9-14(20(16)19-13)12-5-3-4-6-12/h11-12,14,18H,3-10H2,1-2H3. The summed E-state index contributed by atoms with van der Waals surface area (Å²) in [4.78, 5) is 0. The van der Waals surface area contributed by atoms with Crippen molar-refractivity contribution in [2.75, 3.05) is 11.9 Å². The molecule has 20 heavy (non-hydrogen) atoms. The smallest absolute Gasteiger partial charge is 0.139 e. The molecule has 2 heterocycles. The summed E-state index contributed by atoms with van der Waals surface area (Å²) in [5.74, 6) is 2.81. The molecule has 1 aliphatic carbocycles. The molecule has 1 atom stereocenters. The minimum atomic E-state index is 0.623. The third-order valence-electron chi connectivity index (χ3n) is 4.87. The fourth-order valence-corrected chi connectivity index (χ4v) is 4.28. The van der Waals surface area contributed by atoms with Crippen LogP contribution >= 0.6 is 15.9 Å². The molecule has 0 aromatic carbocycles. The number of fused-ring (bicyclic) bond motifs is 1. The van der Waals surface area contributed by atoms with Crippen molar-refractivity contribution >= 4 is 21.7 Å². The first kappa shape index (κ1) is 14.4. The third-order valence-corrected chi connectivity index (χ3v) is 5.70. The van der Waals surface area contributed by atoms with E-state index in [0.29, 0.717) is 6.04 Å². The Labute approximate surface area is 130 Å². The number of aromatic nitrogens is 2. The van der Waals surface area contributed by atoms with E-state index in [-0.39, 0.29) is 0 Å². The second-order valence-corrected chi connectivity index (χ2v) is 7.61. The largest absolute Gasteiger partial charge is 0.369 e. The van der Waals surface area contributed by atoms with Crippen LogP contribution in [0.15, 0.2) is 4.47 Å². The van der Waals surface area contributed by atoms with Gasteiger partial charge in [0, 0.05) is 6.54 Å². The molecule has 3 nitrogen and oxygen atoms in total. The van der Waals surface area contributed by atoms with Gasteiger partial charge in [0.2, 0.25) is 0 Å². The van der Waals surface area contributed by atoms with Crippen molar-refractivity contribution in [3.63, 3.8) is 0 Å². The number of anilines is 1. The van der Waals surface area contributed by atoms with Crippen LogP contribution < -0.4 is 5.32 Å². The summed E-state index contributed by atoms with van der Waals surface area (Å²) < 4.78 is 3.51. The van der Waals surface area contributed by atoms with Crippen molar-refractivity contribution in [3.8, 4) is 0 Å². The van der Waals surface area contributed by atoms with Crippen LogP contribution in [-0.4, -0.2) is 16.3 Å². The van der Waals surface area contributed by atoms with Gasteiger partial charge in [0.05, 0.1) is 16.2 Å². The highest BCUT2D eigenvalue weighted by atomic mass is 79.9. The molecule has 1 aromatic heterocycles. The summed E-state index contributed by atoms with van der Waals surface area (Å²) in [6.45, 7) is 5.65. The van der Waals surface area contributed by atoms with E-state index in [4.69, 9.17) is 5.10 Å². The lowest BCUT2D eigenvalue weighted by atomic mass is 9.94. The van der Waals surface area contributed by atoms with Gasteiger partial charge in [-0.2, -0.15) is 5.10 Å². The summed E-state index contributed by atoms with van der Waals surface area (Å²) >= 11 is 3.78. The van der Waals surface area contributed by atoms with E-state index in [1.165, 1.54) is 54.5 Å². The molecule has 0 amide bonds. The van der Waals surface area contributed by atoms with Crippen molar-refractivity contribution < 1.29 is 0 Å². The summed E-state index contributed by atoms with van der Waals surface area (Å²) in [7, 11) is 0. The molecule has 0 bridgehead atoms. The first-order valence-corrected chi connectivity index (χ1v) is 8.97. The van der Waals surface area contributed by atoms with Gasteiger partial charge in [-0.05, 0) is 59.9 Å². The van der Waals surface area contributed by atoms with Gasteiger partial charge >= 0.3 is 0 Å². The minimum absolute atomic E-state index is 0.623. The number of aryl methyl sites for hydroxylation is 1. The molecule has 1 N–H and O–H groups in total. The zero-order valence-corrected chi connectivity index (χ0v) is 14.2. The molecule has 1 aromatic rings. The van der Waals surface area contributed by atoms with E-state index < -0.39 is 0 Å². The number of halogens is 1. The molecule has 0 saturated heterocycles. The Hall–Kier alpha value is -0.510. The van der Waals surface area contributed by atoms with Gasteiger partial charge in [-0.15, -0.1) is 0 Å². The summed E-state index contributed by atoms with van der Waals surface area (Å²) in [5.41, 5.74) is 1.24. The van der Waals surface area contributed by atoms with Crippen LogP contribution in [0.3, 0.4) is 0 Å². The Kier molecular flexibility index (Phi) is 4.39. The Morgan fingerprint density at radius 1 is 1.30 bits per heavy atom. The van der Waals surface area contributed by atoms with Gasteiger partial charge < -0.3 is 5.32 Å². The lowest BCUT2D eigenvalue weighted by Crippen LogP contribution is -2.28. The molecule has 0 radical (unpaired) electrons. The molecule has 1 aliphatic heterocycles. The topological polar surface area (TPSA) is 29.9 Å². The van der Waals surface area contributed by atoms with Gasteiger partial charge in [-0.1, -0.05) is 26.7 Å². The van der Waals surface area contributed by atoms with E-state index in [2.05, 4.69) is 39.8 Å². The first-order valence-electron chi connectivity index (χ1n) is 8.17. The normalized spacial score (nSPS) is 23.1. The van der Waals surface area contributed by atoms with Crippen LogP contribution in [0.4, 0.5) is 5.82 Å². The fraction of sp³-hybridized carbons (Fsp3) is 0.812. The molecular formula is C16H26BrN3. The van der Waals surface area contributed by atoms with Gasteiger partial charge in [-0.3, -0.25) is 0 Å². The number of rotatable bonds is 4. The Morgan fingerprint density at radius 3 is 2.75 bits per heavy atom. The van der Waals surface area contributed by atoms with Crippen molar-refractivity contribution in [1.29, 1.82) is 0 Å². The van der Waals surface area contributed by atoms with E-state index in [0.717, 1.165) is 24.8 Å². The van der Waals surface area contributed by atoms with E-state index in [1.807, 2.05) is 0 Å². The second-order valence-electron chi connectivity index (χ2n) is 6.81. The van der Waals surface area contributed by atoms with Crippen LogP contribution in [0.5, 0.6) is 0 Å². The Morgan fingerprint density at radius 2 is 2.05 bits per heavy atom. The molecule has 4 heteroatoms. The van der Waals surface area contributed by atoms with E-state index in [1.54, 1.807) is 0 Å². The average Bonchev–Trinajstić information content (AvgIpc) is 3.05. The van der Waals surface area contributed by atoms with Crippen molar-refractivity contribution in [3.05, 3.63) is 10.2 Å². The lowest BCUT2D eigenvalue weighted by molar-refractivity contribution is 0.289. The zero-order valence-electron chi connectivity index (χ0n) is 12.7. The van der Waals surface area contributed by atoms with Crippen molar-refractivity contribution in [2.24, 2.45) is 11.8 Å². The maximum Gasteiger partial charge on any atom is 0.139 e. The minimum Gasteiger partial charge on any atom is -0.369 e. The van der Waals surface area contributed by atoms with Gasteiger partial charge in [0.15, 0.2) is 0 Å². The van der Waals surface area contributed by atoms with Crippen molar-refractivity contribution in [2.45, 2.75) is 64.8 Å². The molecule has 0 spiro atoms. The zero-order chi connectivity index (χ0) is 14.1. The lowest BCUT2D eigenvalue weighted by Gasteiger charge is -2.30. The average molecular weight is 340 g/mol. The molecule has 2 aliphatic rings. The van der Waals surface area contributed by atoms with Gasteiger partial charge in [0.1, 0.15) is 5.82 Å². The molecule has 1 saturated carbocycles. The van der Waals surface area contributed by atoms with Crippen LogP contribution in [0, 0.1) is 11.8 Å². The highest BCUT2D eigenvalue weighted by Gasteiger charge is 2.32. The quantitative estimate of drug-likeness (QED) is 0.855. The van der Waals surface area contributed by atoms with Crippen LogP contribution in [0.1, 0.15) is 64.1 Å². The maximum atomic E-state index is 4.96. The number of hydrogen-bond acceptors (Lipinski definition) is 2. The monoisotopic (exact) mass is 339 g/mol. The molecule has 3 rings (SSSR count). The van der Waals surface area contributed by atoms with Crippen LogP contribution in [0.2, 0.25) is 0 Å². The van der Waals surface area contributed by atoms with Crippen LogP contribution in [-0.2, 0) is 6.42 Å². The first-order chi connectivity index (χ1) is 9.66. The van der Waals surface area contributed by atoms with E-state index in [9.17, 15) is 0 Å². The summed E-state index contributed by atoms with van der Waals surface area (Å²) in [6, 6.07) is 0.623. The highest BCUT2D eigenvalue weighted by Crippen LogP contribution is 2.42.